The Morgan fingerprint density at radius 1 is 1.69 bits per heavy atom. The van der Waals surface area contributed by atoms with Crippen molar-refractivity contribution in [1.82, 2.24) is 4.98 Å². The second-order valence-electron chi connectivity index (χ2n) is 3.59. The number of nitrogens with zero attached hydrogens (tertiary/aromatic N) is 3. The standard InChI is InChI=1S/C10H16N4O2/c1-7(15)6-14(2)10-8(9(11)13-16)4-3-5-12-10/h3-5,7,15-16H,6H2,1-2H3,(H2,11,13). The van der Waals surface area contributed by atoms with Gasteiger partial charge in [0, 0.05) is 19.8 Å². The maximum atomic E-state index is 9.29. The predicted molar refractivity (Wildman–Crippen MR) is 61.7 cm³/mol. The van der Waals surface area contributed by atoms with Crippen LogP contribution in [0.2, 0.25) is 0 Å². The van der Waals surface area contributed by atoms with E-state index in [0.29, 0.717) is 17.9 Å². The molecule has 0 fully saturated rings. The Bertz CT molecular complexity index is 379. The van der Waals surface area contributed by atoms with E-state index < -0.39 is 6.10 Å². The molecule has 6 nitrogen and oxygen atoms in total. The molecule has 0 bridgehead atoms. The molecule has 0 aliphatic rings. The van der Waals surface area contributed by atoms with Crippen molar-refractivity contribution < 1.29 is 10.3 Å². The summed E-state index contributed by atoms with van der Waals surface area (Å²) in [5, 5.41) is 20.9. The first-order chi connectivity index (χ1) is 7.56. The lowest BCUT2D eigenvalue weighted by molar-refractivity contribution is 0.201. The fourth-order valence-electron chi connectivity index (χ4n) is 1.44. The van der Waals surface area contributed by atoms with Crippen molar-refractivity contribution in [3.8, 4) is 0 Å². The largest absolute Gasteiger partial charge is 0.409 e. The molecule has 1 unspecified atom stereocenters. The quantitative estimate of drug-likeness (QED) is 0.289. The number of pyridine rings is 1. The van der Waals surface area contributed by atoms with Crippen LogP contribution in [0.4, 0.5) is 5.82 Å². The summed E-state index contributed by atoms with van der Waals surface area (Å²) in [5.41, 5.74) is 6.07. The number of aliphatic hydroxyl groups is 1. The van der Waals surface area contributed by atoms with Gasteiger partial charge < -0.3 is 20.9 Å². The minimum Gasteiger partial charge on any atom is -0.409 e. The summed E-state index contributed by atoms with van der Waals surface area (Å²) in [5.74, 6) is 0.569. The van der Waals surface area contributed by atoms with Crippen molar-refractivity contribution in [2.75, 3.05) is 18.5 Å². The molecule has 88 valence electrons. The number of aliphatic hydroxyl groups excluding tert-OH is 1. The Hall–Kier alpha value is -1.82. The van der Waals surface area contributed by atoms with Crippen LogP contribution >= 0.6 is 0 Å². The van der Waals surface area contributed by atoms with Gasteiger partial charge in [-0.1, -0.05) is 5.16 Å². The van der Waals surface area contributed by atoms with E-state index in [1.165, 1.54) is 0 Å². The maximum Gasteiger partial charge on any atom is 0.173 e. The molecule has 0 radical (unpaired) electrons. The molecule has 0 saturated heterocycles. The molecule has 0 aromatic carbocycles. The number of anilines is 1. The zero-order valence-electron chi connectivity index (χ0n) is 9.33. The van der Waals surface area contributed by atoms with E-state index in [1.54, 1.807) is 37.2 Å². The summed E-state index contributed by atoms with van der Waals surface area (Å²) in [7, 11) is 1.78. The van der Waals surface area contributed by atoms with Gasteiger partial charge in [-0.3, -0.25) is 0 Å². The van der Waals surface area contributed by atoms with E-state index in [9.17, 15) is 5.11 Å². The number of likely N-dealkylation sites (N-methyl/N-ethyl adjacent to an activating group) is 1. The van der Waals surface area contributed by atoms with Crippen molar-refractivity contribution in [3.63, 3.8) is 0 Å². The molecule has 0 aliphatic carbocycles. The third-order valence-electron chi connectivity index (χ3n) is 2.07. The molecule has 1 rings (SSSR count). The second kappa shape index (κ2) is 5.32. The summed E-state index contributed by atoms with van der Waals surface area (Å²) in [6.45, 7) is 2.10. The minimum atomic E-state index is -0.479. The number of nitrogens with two attached hydrogens (primary N) is 1. The van der Waals surface area contributed by atoms with Gasteiger partial charge in [0.05, 0.1) is 11.7 Å². The molecular weight excluding hydrogens is 208 g/mol. The van der Waals surface area contributed by atoms with Gasteiger partial charge in [0.2, 0.25) is 0 Å². The van der Waals surface area contributed by atoms with Crippen LogP contribution in [0, 0.1) is 0 Å². The van der Waals surface area contributed by atoms with Crippen molar-refractivity contribution in [2.45, 2.75) is 13.0 Å². The maximum absolute atomic E-state index is 9.29. The number of hydrogen-bond acceptors (Lipinski definition) is 5. The Kier molecular flexibility index (Phi) is 4.07. The predicted octanol–water partition coefficient (Wildman–Crippen LogP) is -0.00690. The van der Waals surface area contributed by atoms with Crippen LogP contribution in [0.3, 0.4) is 0 Å². The van der Waals surface area contributed by atoms with Crippen LogP contribution in [0.5, 0.6) is 0 Å². The van der Waals surface area contributed by atoms with Crippen LogP contribution in [-0.4, -0.2) is 40.8 Å². The highest BCUT2D eigenvalue weighted by atomic mass is 16.4. The molecule has 16 heavy (non-hydrogen) atoms. The van der Waals surface area contributed by atoms with E-state index in [1.807, 2.05) is 0 Å². The van der Waals surface area contributed by atoms with Gasteiger partial charge >= 0.3 is 0 Å². The first kappa shape index (κ1) is 12.3. The smallest absolute Gasteiger partial charge is 0.173 e. The lowest BCUT2D eigenvalue weighted by Crippen LogP contribution is -2.30. The summed E-state index contributed by atoms with van der Waals surface area (Å²) in [6, 6.07) is 3.41. The van der Waals surface area contributed by atoms with E-state index in [4.69, 9.17) is 10.9 Å². The summed E-state index contributed by atoms with van der Waals surface area (Å²) in [6.07, 6.45) is 1.13. The lowest BCUT2D eigenvalue weighted by atomic mass is 10.2. The summed E-state index contributed by atoms with van der Waals surface area (Å²) < 4.78 is 0. The Morgan fingerprint density at radius 3 is 2.94 bits per heavy atom. The van der Waals surface area contributed by atoms with Gasteiger partial charge in [-0.25, -0.2) is 4.98 Å². The van der Waals surface area contributed by atoms with Crippen LogP contribution in [0.25, 0.3) is 0 Å². The van der Waals surface area contributed by atoms with Crippen molar-refractivity contribution in [2.24, 2.45) is 10.9 Å². The van der Waals surface area contributed by atoms with E-state index in [-0.39, 0.29) is 5.84 Å². The normalized spacial score (nSPS) is 13.6. The monoisotopic (exact) mass is 224 g/mol. The topological polar surface area (TPSA) is 95.0 Å². The number of oxime groups is 1. The molecule has 0 spiro atoms. The molecule has 1 atom stereocenters. The van der Waals surface area contributed by atoms with E-state index in [2.05, 4.69) is 10.1 Å². The number of rotatable bonds is 4. The first-order valence-electron chi connectivity index (χ1n) is 4.88. The van der Waals surface area contributed by atoms with Crippen molar-refractivity contribution >= 4 is 11.7 Å². The first-order valence-corrected chi connectivity index (χ1v) is 4.88. The zero-order chi connectivity index (χ0) is 12.1. The molecule has 6 heteroatoms. The van der Waals surface area contributed by atoms with Crippen molar-refractivity contribution in [3.05, 3.63) is 23.9 Å². The molecule has 1 aromatic rings. The molecule has 1 aromatic heterocycles. The van der Waals surface area contributed by atoms with Crippen LogP contribution < -0.4 is 10.6 Å². The third-order valence-corrected chi connectivity index (χ3v) is 2.07. The molecule has 0 amide bonds. The van der Waals surface area contributed by atoms with E-state index >= 15 is 0 Å². The Morgan fingerprint density at radius 2 is 2.38 bits per heavy atom. The SMILES string of the molecule is CC(O)CN(C)c1ncccc1C(N)=NO. The van der Waals surface area contributed by atoms with E-state index in [0.717, 1.165) is 0 Å². The molecule has 0 aliphatic heterocycles. The highest BCUT2D eigenvalue weighted by Crippen LogP contribution is 2.15. The molecule has 4 N–H and O–H groups in total. The molecule has 0 saturated carbocycles. The van der Waals surface area contributed by atoms with Gasteiger partial charge in [-0.05, 0) is 19.1 Å². The number of amidine groups is 1. The van der Waals surface area contributed by atoms with Gasteiger partial charge in [0.25, 0.3) is 0 Å². The van der Waals surface area contributed by atoms with Crippen LogP contribution in [0.1, 0.15) is 12.5 Å². The Balaban J connectivity index is 3.03. The second-order valence-corrected chi connectivity index (χ2v) is 3.59. The highest BCUT2D eigenvalue weighted by Gasteiger charge is 2.13. The van der Waals surface area contributed by atoms with Gasteiger partial charge in [0.15, 0.2) is 5.84 Å². The number of hydrogen-bond donors (Lipinski definition) is 3. The zero-order valence-corrected chi connectivity index (χ0v) is 9.33. The minimum absolute atomic E-state index is 0.000503. The van der Waals surface area contributed by atoms with Crippen molar-refractivity contribution in [1.29, 1.82) is 0 Å². The molecule has 1 heterocycles. The third kappa shape index (κ3) is 2.83. The fraction of sp³-hybridized carbons (Fsp3) is 0.400. The lowest BCUT2D eigenvalue weighted by Gasteiger charge is -2.21. The van der Waals surface area contributed by atoms with Gasteiger partial charge in [-0.2, -0.15) is 0 Å². The average Bonchev–Trinajstić information content (AvgIpc) is 2.27. The van der Waals surface area contributed by atoms with Gasteiger partial charge in [0.1, 0.15) is 5.82 Å². The average molecular weight is 224 g/mol. The Labute approximate surface area is 94.0 Å². The summed E-state index contributed by atoms with van der Waals surface area (Å²) in [4.78, 5) is 5.89. The van der Waals surface area contributed by atoms with Crippen LogP contribution in [-0.2, 0) is 0 Å². The summed E-state index contributed by atoms with van der Waals surface area (Å²) >= 11 is 0. The highest BCUT2D eigenvalue weighted by molar-refractivity contribution is 6.01. The van der Waals surface area contributed by atoms with Gasteiger partial charge in [-0.15, -0.1) is 0 Å². The molecular formula is C10H16N4O2. The van der Waals surface area contributed by atoms with Crippen LogP contribution in [0.15, 0.2) is 23.5 Å². The fourth-order valence-corrected chi connectivity index (χ4v) is 1.44. The number of aromatic nitrogens is 1.